The number of hydrogen-bond donors (Lipinski definition) is 1. The van der Waals surface area contributed by atoms with E-state index in [1.165, 1.54) is 6.08 Å². The van der Waals surface area contributed by atoms with Gasteiger partial charge >= 0.3 is 0 Å². The molecule has 0 amide bonds. The summed E-state index contributed by atoms with van der Waals surface area (Å²) in [5, 5.41) is 0. The molecule has 2 N–H and O–H groups in total. The van der Waals surface area contributed by atoms with E-state index < -0.39 is 5.95 Å². The molecule has 0 bridgehead atoms. The monoisotopic (exact) mass is 127 g/mol. The molecular weight excluding hydrogens is 117 g/mol. The van der Waals surface area contributed by atoms with Crippen molar-refractivity contribution in [2.24, 2.45) is 5.73 Å². The molecule has 1 nitrogen and oxygen atoms in total. The second-order valence-electron chi connectivity index (χ2n) is 1.68. The zero-order chi connectivity index (χ0) is 7.28. The minimum Gasteiger partial charge on any atom is -0.376 e. The molecule has 0 unspecified atom stereocenters. The van der Waals surface area contributed by atoms with Crippen molar-refractivity contribution in [3.8, 4) is 0 Å². The van der Waals surface area contributed by atoms with Crippen LogP contribution in [0.4, 0.5) is 4.39 Å². The minimum atomic E-state index is -0.675. The zero-order valence-corrected chi connectivity index (χ0v) is 5.39. The van der Waals surface area contributed by atoms with E-state index in [1.54, 1.807) is 19.1 Å². The maximum absolute atomic E-state index is 11.8. The molecule has 0 radical (unpaired) electrons. The summed E-state index contributed by atoms with van der Waals surface area (Å²) in [6.07, 6.45) is 4.49. The second-order valence-corrected chi connectivity index (χ2v) is 1.68. The predicted octanol–water partition coefficient (Wildman–Crippen LogP) is 1.89. The second kappa shape index (κ2) is 3.89. The normalized spacial score (nSPS) is 13.6. The first kappa shape index (κ1) is 7.95. The average molecular weight is 127 g/mol. The molecule has 0 fully saturated rings. The van der Waals surface area contributed by atoms with E-state index in [0.29, 0.717) is 0 Å². The van der Waals surface area contributed by atoms with Gasteiger partial charge in [-0.05, 0) is 18.6 Å². The molecule has 0 aromatic heterocycles. The van der Waals surface area contributed by atoms with Crippen LogP contribution in [-0.4, -0.2) is 0 Å². The van der Waals surface area contributed by atoms with Gasteiger partial charge in [-0.3, -0.25) is 0 Å². The Morgan fingerprint density at radius 1 is 1.67 bits per heavy atom. The Balaban J connectivity index is 4.05. The van der Waals surface area contributed by atoms with Crippen LogP contribution in [0.15, 0.2) is 36.3 Å². The van der Waals surface area contributed by atoms with Gasteiger partial charge in [0.25, 0.3) is 0 Å². The number of hydrogen-bond acceptors (Lipinski definition) is 1. The molecule has 0 saturated carbocycles. The zero-order valence-electron chi connectivity index (χ0n) is 5.39. The molecule has 2 heteroatoms. The highest BCUT2D eigenvalue weighted by molar-refractivity contribution is 5.21. The van der Waals surface area contributed by atoms with Gasteiger partial charge in [-0.1, -0.05) is 18.7 Å². The van der Waals surface area contributed by atoms with Crippen molar-refractivity contribution in [2.45, 2.75) is 6.92 Å². The summed E-state index contributed by atoms with van der Waals surface area (Å²) >= 11 is 0. The van der Waals surface area contributed by atoms with Gasteiger partial charge in [-0.25, -0.2) is 0 Å². The standard InChI is InChI=1S/C7H10FN/c1-3-4-6(2)5-7(8)9/h3-5H,1,9H2,2H3/b6-4-,7-5-. The highest BCUT2D eigenvalue weighted by atomic mass is 19.1. The van der Waals surface area contributed by atoms with Gasteiger partial charge in [0.2, 0.25) is 0 Å². The number of rotatable bonds is 2. The maximum Gasteiger partial charge on any atom is 0.184 e. The summed E-state index contributed by atoms with van der Waals surface area (Å²) in [6.45, 7) is 5.18. The molecule has 0 aliphatic carbocycles. The molecule has 9 heavy (non-hydrogen) atoms. The fourth-order valence-electron chi connectivity index (χ4n) is 0.452. The van der Waals surface area contributed by atoms with Crippen molar-refractivity contribution in [1.82, 2.24) is 0 Å². The average Bonchev–Trinajstić information content (AvgIpc) is 1.63. The minimum absolute atomic E-state index is 0.675. The van der Waals surface area contributed by atoms with Gasteiger partial charge < -0.3 is 5.73 Å². The van der Waals surface area contributed by atoms with Crippen LogP contribution >= 0.6 is 0 Å². The van der Waals surface area contributed by atoms with Crippen LogP contribution in [0.25, 0.3) is 0 Å². The third-order valence-electron chi connectivity index (χ3n) is 0.746. The van der Waals surface area contributed by atoms with Crippen molar-refractivity contribution in [3.63, 3.8) is 0 Å². The van der Waals surface area contributed by atoms with E-state index in [0.717, 1.165) is 5.57 Å². The van der Waals surface area contributed by atoms with Crippen LogP contribution in [0.1, 0.15) is 6.92 Å². The van der Waals surface area contributed by atoms with Crippen LogP contribution < -0.4 is 5.73 Å². The topological polar surface area (TPSA) is 26.0 Å². The summed E-state index contributed by atoms with van der Waals surface area (Å²) in [4.78, 5) is 0. The van der Waals surface area contributed by atoms with Crippen LogP contribution in [-0.2, 0) is 0 Å². The van der Waals surface area contributed by atoms with Crippen LogP contribution in [0.2, 0.25) is 0 Å². The largest absolute Gasteiger partial charge is 0.376 e. The van der Waals surface area contributed by atoms with Gasteiger partial charge in [-0.2, -0.15) is 4.39 Å². The SMILES string of the molecule is C=C/C=C(C)\C=C(/N)F. The summed E-state index contributed by atoms with van der Waals surface area (Å²) in [7, 11) is 0. The molecule has 0 aliphatic rings. The lowest BCUT2D eigenvalue weighted by Gasteiger charge is -1.86. The maximum atomic E-state index is 11.8. The fraction of sp³-hybridized carbons (Fsp3) is 0.143. The van der Waals surface area contributed by atoms with E-state index >= 15 is 0 Å². The molecular formula is C7H10FN. The van der Waals surface area contributed by atoms with E-state index in [2.05, 4.69) is 6.58 Å². The Labute approximate surface area is 54.4 Å². The lowest BCUT2D eigenvalue weighted by molar-refractivity contribution is 0.626. The highest BCUT2D eigenvalue weighted by Gasteiger charge is 1.82. The van der Waals surface area contributed by atoms with Gasteiger partial charge in [0.15, 0.2) is 5.95 Å². The first-order valence-corrected chi connectivity index (χ1v) is 2.59. The van der Waals surface area contributed by atoms with Crippen molar-refractivity contribution in [3.05, 3.63) is 36.3 Å². The smallest absolute Gasteiger partial charge is 0.184 e. The molecule has 0 aromatic carbocycles. The Kier molecular flexibility index (Phi) is 3.44. The van der Waals surface area contributed by atoms with E-state index in [-0.39, 0.29) is 0 Å². The number of halogens is 1. The Morgan fingerprint density at radius 3 is 2.56 bits per heavy atom. The molecule has 0 rings (SSSR count). The van der Waals surface area contributed by atoms with Crippen LogP contribution in [0, 0.1) is 0 Å². The molecule has 0 aliphatic heterocycles. The molecule has 0 spiro atoms. The van der Waals surface area contributed by atoms with E-state index in [9.17, 15) is 4.39 Å². The van der Waals surface area contributed by atoms with Gasteiger partial charge in [0.1, 0.15) is 0 Å². The first-order valence-electron chi connectivity index (χ1n) is 2.59. The van der Waals surface area contributed by atoms with Crippen molar-refractivity contribution in [1.29, 1.82) is 0 Å². The lowest BCUT2D eigenvalue weighted by atomic mass is 10.3. The van der Waals surface area contributed by atoms with Gasteiger partial charge in [-0.15, -0.1) is 0 Å². The van der Waals surface area contributed by atoms with Gasteiger partial charge in [0, 0.05) is 0 Å². The van der Waals surface area contributed by atoms with E-state index in [4.69, 9.17) is 5.73 Å². The van der Waals surface area contributed by atoms with Crippen LogP contribution in [0.5, 0.6) is 0 Å². The Bertz CT molecular complexity index is 152. The predicted molar refractivity (Wildman–Crippen MR) is 37.3 cm³/mol. The summed E-state index contributed by atoms with van der Waals surface area (Å²) in [5.74, 6) is -0.675. The summed E-state index contributed by atoms with van der Waals surface area (Å²) < 4.78 is 11.8. The van der Waals surface area contributed by atoms with Gasteiger partial charge in [0.05, 0.1) is 0 Å². The summed E-state index contributed by atoms with van der Waals surface area (Å²) in [5.41, 5.74) is 5.50. The number of allylic oxidation sites excluding steroid dienone is 4. The Morgan fingerprint density at radius 2 is 2.22 bits per heavy atom. The first-order chi connectivity index (χ1) is 4.16. The van der Waals surface area contributed by atoms with E-state index in [1.807, 2.05) is 0 Å². The fourth-order valence-corrected chi connectivity index (χ4v) is 0.452. The third-order valence-corrected chi connectivity index (χ3v) is 0.746. The molecule has 0 atom stereocenters. The highest BCUT2D eigenvalue weighted by Crippen LogP contribution is 1.97. The molecule has 0 heterocycles. The Hall–Kier alpha value is -1.05. The molecule has 0 aromatic rings. The lowest BCUT2D eigenvalue weighted by Crippen LogP contribution is -1.87. The van der Waals surface area contributed by atoms with Crippen LogP contribution in [0.3, 0.4) is 0 Å². The van der Waals surface area contributed by atoms with Crippen molar-refractivity contribution < 1.29 is 4.39 Å². The summed E-state index contributed by atoms with van der Waals surface area (Å²) in [6, 6.07) is 0. The third kappa shape index (κ3) is 4.81. The molecule has 0 saturated heterocycles. The quantitative estimate of drug-likeness (QED) is 0.445. The van der Waals surface area contributed by atoms with Crippen molar-refractivity contribution >= 4 is 0 Å². The number of nitrogens with two attached hydrogens (primary N) is 1. The van der Waals surface area contributed by atoms with Crippen molar-refractivity contribution in [2.75, 3.05) is 0 Å². The molecule has 50 valence electrons.